The maximum absolute atomic E-state index is 12.4. The molecule has 0 aromatic carbocycles. The first kappa shape index (κ1) is 13.3. The number of thiazole rings is 1. The maximum Gasteiger partial charge on any atom is 0.273 e. The summed E-state index contributed by atoms with van der Waals surface area (Å²) in [6, 6.07) is 3.28. The standard InChI is InChI=1S/C13H14N2O4S/c16-6-9-7-18-5-3-15(9)13(17)10-8-20-12(14-10)11-2-1-4-19-11/h1-2,4,8-9,16H,3,5-7H2. The molecule has 1 amide bonds. The van der Waals surface area contributed by atoms with E-state index in [1.165, 1.54) is 11.3 Å². The number of ether oxygens (including phenoxy) is 1. The lowest BCUT2D eigenvalue weighted by Crippen LogP contribution is -2.50. The highest BCUT2D eigenvalue weighted by atomic mass is 32.1. The minimum atomic E-state index is -0.301. The van der Waals surface area contributed by atoms with Crippen LogP contribution in [0.4, 0.5) is 0 Å². The van der Waals surface area contributed by atoms with Gasteiger partial charge in [-0.3, -0.25) is 4.79 Å². The molecule has 1 atom stereocenters. The number of carbonyl (C=O) groups is 1. The van der Waals surface area contributed by atoms with Gasteiger partial charge in [-0.1, -0.05) is 0 Å². The maximum atomic E-state index is 12.4. The van der Waals surface area contributed by atoms with E-state index in [0.29, 0.717) is 36.2 Å². The second-order valence-electron chi connectivity index (χ2n) is 4.43. The number of carbonyl (C=O) groups excluding carboxylic acids is 1. The second kappa shape index (κ2) is 5.74. The second-order valence-corrected chi connectivity index (χ2v) is 5.28. The van der Waals surface area contributed by atoms with E-state index >= 15 is 0 Å². The van der Waals surface area contributed by atoms with E-state index in [-0.39, 0.29) is 18.6 Å². The summed E-state index contributed by atoms with van der Waals surface area (Å²) in [7, 11) is 0. The minimum Gasteiger partial charge on any atom is -0.462 e. The molecule has 1 N–H and O–H groups in total. The zero-order chi connectivity index (χ0) is 13.9. The lowest BCUT2D eigenvalue weighted by Gasteiger charge is -2.33. The third-order valence-corrected chi connectivity index (χ3v) is 4.01. The van der Waals surface area contributed by atoms with Crippen LogP contribution < -0.4 is 0 Å². The number of aliphatic hydroxyl groups excluding tert-OH is 1. The van der Waals surface area contributed by atoms with Gasteiger partial charge in [0.2, 0.25) is 0 Å². The molecule has 2 aromatic rings. The van der Waals surface area contributed by atoms with Crippen LogP contribution in [0.1, 0.15) is 10.5 Å². The van der Waals surface area contributed by atoms with Crippen LogP contribution in [-0.4, -0.2) is 53.3 Å². The Morgan fingerprint density at radius 1 is 1.60 bits per heavy atom. The van der Waals surface area contributed by atoms with Crippen molar-refractivity contribution >= 4 is 17.2 Å². The van der Waals surface area contributed by atoms with Crippen molar-refractivity contribution in [3.05, 3.63) is 29.5 Å². The van der Waals surface area contributed by atoms with Gasteiger partial charge < -0.3 is 19.2 Å². The number of hydrogen-bond donors (Lipinski definition) is 1. The number of amides is 1. The molecule has 3 heterocycles. The van der Waals surface area contributed by atoms with Gasteiger partial charge in [0.1, 0.15) is 5.69 Å². The molecule has 7 heteroatoms. The molecule has 1 unspecified atom stereocenters. The molecular weight excluding hydrogens is 280 g/mol. The molecule has 0 spiro atoms. The van der Waals surface area contributed by atoms with Crippen molar-refractivity contribution in [2.24, 2.45) is 0 Å². The Labute approximate surface area is 119 Å². The summed E-state index contributed by atoms with van der Waals surface area (Å²) >= 11 is 1.36. The van der Waals surface area contributed by atoms with Crippen LogP contribution in [0, 0.1) is 0 Å². The molecule has 0 radical (unpaired) electrons. The van der Waals surface area contributed by atoms with E-state index in [2.05, 4.69) is 4.98 Å². The largest absolute Gasteiger partial charge is 0.462 e. The third-order valence-electron chi connectivity index (χ3n) is 3.15. The average molecular weight is 294 g/mol. The Kier molecular flexibility index (Phi) is 3.81. The summed E-state index contributed by atoms with van der Waals surface area (Å²) < 4.78 is 10.5. The molecule has 1 aliphatic heterocycles. The van der Waals surface area contributed by atoms with Gasteiger partial charge in [-0.2, -0.15) is 0 Å². The summed E-state index contributed by atoms with van der Waals surface area (Å²) in [5.74, 6) is 0.469. The molecule has 2 aromatic heterocycles. The Morgan fingerprint density at radius 2 is 2.50 bits per heavy atom. The van der Waals surface area contributed by atoms with Crippen LogP contribution in [0.2, 0.25) is 0 Å². The Hall–Kier alpha value is -1.70. The molecule has 0 saturated carbocycles. The third kappa shape index (κ3) is 2.47. The van der Waals surface area contributed by atoms with Crippen molar-refractivity contribution in [1.82, 2.24) is 9.88 Å². The SMILES string of the molecule is O=C(c1csc(-c2ccco2)n1)N1CCOCC1CO. The predicted octanol–water partition coefficient (Wildman–Crippen LogP) is 1.24. The van der Waals surface area contributed by atoms with Crippen molar-refractivity contribution in [2.45, 2.75) is 6.04 Å². The first-order valence-corrected chi connectivity index (χ1v) is 7.16. The number of morpholine rings is 1. The Morgan fingerprint density at radius 3 is 3.25 bits per heavy atom. The normalized spacial score (nSPS) is 19.2. The van der Waals surface area contributed by atoms with Crippen molar-refractivity contribution in [1.29, 1.82) is 0 Å². The summed E-state index contributed by atoms with van der Waals surface area (Å²) in [6.45, 7) is 1.20. The molecule has 0 aliphatic carbocycles. The number of furan rings is 1. The molecule has 0 bridgehead atoms. The number of rotatable bonds is 3. The van der Waals surface area contributed by atoms with Crippen LogP contribution in [-0.2, 0) is 4.74 Å². The van der Waals surface area contributed by atoms with Gasteiger partial charge in [-0.25, -0.2) is 4.98 Å². The van der Waals surface area contributed by atoms with Crippen molar-refractivity contribution in [2.75, 3.05) is 26.4 Å². The Balaban J connectivity index is 1.80. The molecular formula is C13H14N2O4S. The van der Waals surface area contributed by atoms with Gasteiger partial charge in [0.05, 0.1) is 32.1 Å². The average Bonchev–Trinajstić information content (AvgIpc) is 3.16. The molecule has 20 heavy (non-hydrogen) atoms. The molecule has 1 saturated heterocycles. The van der Waals surface area contributed by atoms with Crippen LogP contribution in [0.25, 0.3) is 10.8 Å². The fourth-order valence-electron chi connectivity index (χ4n) is 2.11. The smallest absolute Gasteiger partial charge is 0.273 e. The molecule has 106 valence electrons. The van der Waals surface area contributed by atoms with Gasteiger partial charge >= 0.3 is 0 Å². The molecule has 1 fully saturated rings. The van der Waals surface area contributed by atoms with E-state index in [9.17, 15) is 9.90 Å². The van der Waals surface area contributed by atoms with Gasteiger partial charge in [-0.15, -0.1) is 11.3 Å². The lowest BCUT2D eigenvalue weighted by atomic mass is 10.2. The monoisotopic (exact) mass is 294 g/mol. The molecule has 6 nitrogen and oxygen atoms in total. The number of aromatic nitrogens is 1. The molecule has 3 rings (SSSR count). The van der Waals surface area contributed by atoms with E-state index in [1.54, 1.807) is 28.7 Å². The van der Waals surface area contributed by atoms with Crippen LogP contribution >= 0.6 is 11.3 Å². The summed E-state index contributed by atoms with van der Waals surface area (Å²) in [4.78, 5) is 18.3. The van der Waals surface area contributed by atoms with E-state index < -0.39 is 0 Å². The zero-order valence-corrected chi connectivity index (χ0v) is 11.5. The zero-order valence-electron chi connectivity index (χ0n) is 10.7. The Bertz CT molecular complexity index is 581. The topological polar surface area (TPSA) is 75.8 Å². The predicted molar refractivity (Wildman–Crippen MR) is 72.5 cm³/mol. The summed E-state index contributed by atoms with van der Waals surface area (Å²) in [5, 5.41) is 11.7. The van der Waals surface area contributed by atoms with E-state index in [0.717, 1.165) is 0 Å². The molecule has 1 aliphatic rings. The highest BCUT2D eigenvalue weighted by Gasteiger charge is 2.29. The van der Waals surface area contributed by atoms with Crippen molar-refractivity contribution < 1.29 is 19.1 Å². The number of aliphatic hydroxyl groups is 1. The van der Waals surface area contributed by atoms with Gasteiger partial charge in [0, 0.05) is 11.9 Å². The van der Waals surface area contributed by atoms with Gasteiger partial charge in [0.15, 0.2) is 10.8 Å². The van der Waals surface area contributed by atoms with Crippen molar-refractivity contribution in [3.8, 4) is 10.8 Å². The summed E-state index contributed by atoms with van der Waals surface area (Å²) in [5.41, 5.74) is 0.377. The fraction of sp³-hybridized carbons (Fsp3) is 0.385. The highest BCUT2D eigenvalue weighted by Crippen LogP contribution is 2.25. The minimum absolute atomic E-state index is 0.110. The first-order chi connectivity index (χ1) is 9.79. The lowest BCUT2D eigenvalue weighted by molar-refractivity contribution is -0.0186. The number of nitrogens with zero attached hydrogens (tertiary/aromatic N) is 2. The van der Waals surface area contributed by atoms with Crippen molar-refractivity contribution in [3.63, 3.8) is 0 Å². The fourth-order valence-corrected chi connectivity index (χ4v) is 2.87. The highest BCUT2D eigenvalue weighted by molar-refractivity contribution is 7.13. The van der Waals surface area contributed by atoms with E-state index in [4.69, 9.17) is 9.15 Å². The van der Waals surface area contributed by atoms with Gasteiger partial charge in [-0.05, 0) is 12.1 Å². The number of hydrogen-bond acceptors (Lipinski definition) is 6. The summed E-state index contributed by atoms with van der Waals surface area (Å²) in [6.07, 6.45) is 1.57. The van der Waals surface area contributed by atoms with E-state index in [1.807, 2.05) is 0 Å². The first-order valence-electron chi connectivity index (χ1n) is 6.28. The quantitative estimate of drug-likeness (QED) is 0.921. The van der Waals surface area contributed by atoms with Crippen LogP contribution in [0.15, 0.2) is 28.2 Å². The van der Waals surface area contributed by atoms with Gasteiger partial charge in [0.25, 0.3) is 5.91 Å². The van der Waals surface area contributed by atoms with Crippen LogP contribution in [0.5, 0.6) is 0 Å². The van der Waals surface area contributed by atoms with Crippen LogP contribution in [0.3, 0.4) is 0 Å².